The molecule has 7 nitrogen and oxygen atoms in total. The summed E-state index contributed by atoms with van der Waals surface area (Å²) < 4.78 is 48.8. The minimum Gasteiger partial charge on any atom is -0.487 e. The van der Waals surface area contributed by atoms with Crippen molar-refractivity contribution in [3.05, 3.63) is 47.3 Å². The predicted octanol–water partition coefficient (Wildman–Crippen LogP) is 2.07. The zero-order valence-electron chi connectivity index (χ0n) is 15.1. The summed E-state index contributed by atoms with van der Waals surface area (Å²) in [4.78, 5) is 14.3. The van der Waals surface area contributed by atoms with Crippen molar-refractivity contribution in [2.45, 2.75) is 12.8 Å². The second-order valence-electron chi connectivity index (χ2n) is 6.30. The molecular weight excluding hydrogens is 377 g/mol. The van der Waals surface area contributed by atoms with Crippen LogP contribution in [0.5, 0.6) is 5.75 Å². The van der Waals surface area contributed by atoms with Gasteiger partial charge in [-0.25, -0.2) is 0 Å². The van der Waals surface area contributed by atoms with E-state index in [1.807, 2.05) is 0 Å². The van der Waals surface area contributed by atoms with E-state index in [0.717, 1.165) is 31.8 Å². The maximum absolute atomic E-state index is 12.7. The van der Waals surface area contributed by atoms with Crippen LogP contribution in [0.2, 0.25) is 0 Å². The van der Waals surface area contributed by atoms with Crippen molar-refractivity contribution < 1.29 is 27.4 Å². The molecule has 1 saturated heterocycles. The van der Waals surface area contributed by atoms with E-state index < -0.39 is 11.7 Å². The van der Waals surface area contributed by atoms with E-state index >= 15 is 0 Å². The Morgan fingerprint density at radius 3 is 2.82 bits per heavy atom. The molecule has 1 fully saturated rings. The highest BCUT2D eigenvalue weighted by Crippen LogP contribution is 2.31. The number of alkyl halides is 3. The highest BCUT2D eigenvalue weighted by molar-refractivity contribution is 5.92. The Balaban J connectivity index is 1.46. The van der Waals surface area contributed by atoms with Gasteiger partial charge in [0.2, 0.25) is 0 Å². The van der Waals surface area contributed by atoms with Crippen molar-refractivity contribution in [1.29, 1.82) is 0 Å². The summed E-state index contributed by atoms with van der Waals surface area (Å²) in [5.74, 6) is -0.240. The first kappa shape index (κ1) is 20.2. The van der Waals surface area contributed by atoms with Crippen LogP contribution in [0.3, 0.4) is 0 Å². The molecule has 1 aliphatic heterocycles. The average molecular weight is 398 g/mol. The predicted molar refractivity (Wildman–Crippen MR) is 94.0 cm³/mol. The molecule has 0 aliphatic carbocycles. The number of carbonyl (C=O) groups is 1. The summed E-state index contributed by atoms with van der Waals surface area (Å²) in [7, 11) is 0. The number of amides is 1. The lowest BCUT2D eigenvalue weighted by molar-refractivity contribution is -0.137. The number of nitrogens with one attached hydrogen (secondary N) is 2. The van der Waals surface area contributed by atoms with Crippen LogP contribution in [0.25, 0.3) is 0 Å². The van der Waals surface area contributed by atoms with Gasteiger partial charge in [0, 0.05) is 26.2 Å². The molecule has 0 radical (unpaired) electrons. The van der Waals surface area contributed by atoms with Gasteiger partial charge in [0.1, 0.15) is 18.1 Å². The molecule has 28 heavy (non-hydrogen) atoms. The molecule has 0 saturated carbocycles. The topological polar surface area (TPSA) is 79.5 Å². The van der Waals surface area contributed by atoms with Crippen LogP contribution in [0.15, 0.2) is 30.3 Å². The summed E-state index contributed by atoms with van der Waals surface area (Å²) in [5, 5.41) is 9.36. The molecule has 2 N–H and O–H groups in total. The molecule has 0 unspecified atom stereocenters. The van der Waals surface area contributed by atoms with Crippen LogP contribution < -0.4 is 10.1 Å². The third-order valence-electron chi connectivity index (χ3n) is 4.24. The normalized spacial score (nSPS) is 15.4. The fraction of sp³-hybridized carbons (Fsp3) is 0.444. The number of rotatable bonds is 7. The number of hydrogen-bond acceptors (Lipinski definition) is 5. The summed E-state index contributed by atoms with van der Waals surface area (Å²) in [6, 6.07) is 6.12. The quantitative estimate of drug-likeness (QED) is 0.747. The first-order chi connectivity index (χ1) is 13.4. The van der Waals surface area contributed by atoms with E-state index in [2.05, 4.69) is 20.4 Å². The number of halogens is 3. The Morgan fingerprint density at radius 2 is 2.07 bits per heavy atom. The summed E-state index contributed by atoms with van der Waals surface area (Å²) in [6.45, 7) is 4.26. The van der Waals surface area contributed by atoms with Crippen molar-refractivity contribution in [2.75, 3.05) is 39.4 Å². The van der Waals surface area contributed by atoms with E-state index in [-0.39, 0.29) is 24.0 Å². The van der Waals surface area contributed by atoms with Crippen LogP contribution in [-0.2, 0) is 17.5 Å². The van der Waals surface area contributed by atoms with Gasteiger partial charge in [-0.05, 0) is 24.3 Å². The van der Waals surface area contributed by atoms with Crippen LogP contribution in [0.4, 0.5) is 13.2 Å². The lowest BCUT2D eigenvalue weighted by Crippen LogP contribution is -2.41. The minimum atomic E-state index is -4.43. The van der Waals surface area contributed by atoms with Gasteiger partial charge < -0.3 is 14.8 Å². The van der Waals surface area contributed by atoms with E-state index in [4.69, 9.17) is 9.47 Å². The fourth-order valence-corrected chi connectivity index (χ4v) is 2.72. The number of ether oxygens (including phenoxy) is 2. The largest absolute Gasteiger partial charge is 0.487 e. The number of nitrogens with zero attached hydrogens (tertiary/aromatic N) is 2. The third-order valence-corrected chi connectivity index (χ3v) is 4.24. The number of hydrogen-bond donors (Lipinski definition) is 2. The van der Waals surface area contributed by atoms with Gasteiger partial charge in [-0.3, -0.25) is 14.8 Å². The zero-order chi connectivity index (χ0) is 20.0. The highest BCUT2D eigenvalue weighted by Gasteiger charge is 2.30. The third kappa shape index (κ3) is 5.70. The van der Waals surface area contributed by atoms with E-state index in [9.17, 15) is 18.0 Å². The van der Waals surface area contributed by atoms with Crippen molar-refractivity contribution in [2.24, 2.45) is 0 Å². The molecule has 152 valence electrons. The Morgan fingerprint density at radius 1 is 1.29 bits per heavy atom. The van der Waals surface area contributed by atoms with E-state index in [0.29, 0.717) is 25.5 Å². The average Bonchev–Trinajstić information content (AvgIpc) is 3.16. The first-order valence-corrected chi connectivity index (χ1v) is 8.84. The molecule has 3 rings (SSSR count). The molecule has 1 amide bonds. The Labute approximate surface area is 159 Å². The molecule has 0 atom stereocenters. The summed E-state index contributed by atoms with van der Waals surface area (Å²) >= 11 is 0. The molecule has 0 bridgehead atoms. The highest BCUT2D eigenvalue weighted by atomic mass is 19.4. The van der Waals surface area contributed by atoms with E-state index in [1.54, 1.807) is 0 Å². The monoisotopic (exact) mass is 398 g/mol. The standard InChI is InChI=1S/C18H21F3N4O3/c19-18(20,21)13-2-1-3-15(10-13)28-12-14-11-16(24-23-14)17(26)22-4-5-25-6-8-27-9-7-25/h1-3,10-11H,4-9,12H2,(H,22,26)(H,23,24). The van der Waals surface area contributed by atoms with Crippen molar-refractivity contribution >= 4 is 5.91 Å². The van der Waals surface area contributed by atoms with Crippen molar-refractivity contribution in [3.8, 4) is 5.75 Å². The van der Waals surface area contributed by atoms with Gasteiger partial charge in [0.25, 0.3) is 5.91 Å². The smallest absolute Gasteiger partial charge is 0.416 e. The fourth-order valence-electron chi connectivity index (χ4n) is 2.72. The number of aromatic amines is 1. The van der Waals surface area contributed by atoms with Gasteiger partial charge in [-0.2, -0.15) is 18.3 Å². The maximum atomic E-state index is 12.7. The number of carbonyl (C=O) groups excluding carboxylic acids is 1. The van der Waals surface area contributed by atoms with Crippen LogP contribution >= 0.6 is 0 Å². The van der Waals surface area contributed by atoms with Crippen molar-refractivity contribution in [3.63, 3.8) is 0 Å². The maximum Gasteiger partial charge on any atom is 0.416 e. The molecule has 2 aromatic rings. The second-order valence-corrected chi connectivity index (χ2v) is 6.30. The Hall–Kier alpha value is -2.59. The molecule has 1 aromatic heterocycles. The van der Waals surface area contributed by atoms with Crippen LogP contribution in [-0.4, -0.2) is 60.4 Å². The van der Waals surface area contributed by atoms with Gasteiger partial charge in [-0.1, -0.05) is 6.07 Å². The van der Waals surface area contributed by atoms with Gasteiger partial charge >= 0.3 is 6.18 Å². The van der Waals surface area contributed by atoms with Gasteiger partial charge in [0.05, 0.1) is 24.5 Å². The Kier molecular flexibility index (Phi) is 6.53. The van der Waals surface area contributed by atoms with Crippen LogP contribution in [0, 0.1) is 0 Å². The van der Waals surface area contributed by atoms with E-state index in [1.165, 1.54) is 18.2 Å². The minimum absolute atomic E-state index is 0.0324. The number of benzene rings is 1. The van der Waals surface area contributed by atoms with Crippen molar-refractivity contribution in [1.82, 2.24) is 20.4 Å². The number of morpholine rings is 1. The molecule has 1 aliphatic rings. The lowest BCUT2D eigenvalue weighted by Gasteiger charge is -2.26. The molecule has 1 aromatic carbocycles. The number of H-pyrrole nitrogens is 1. The summed E-state index contributed by atoms with van der Waals surface area (Å²) in [6.07, 6.45) is -4.43. The second kappa shape index (κ2) is 9.07. The Bertz CT molecular complexity index is 788. The molecular formula is C18H21F3N4O3. The SMILES string of the molecule is O=C(NCCN1CCOCC1)c1cc(COc2cccc(C(F)(F)F)c2)[nH]n1. The summed E-state index contributed by atoms with van der Waals surface area (Å²) in [5.41, 5.74) is -0.102. The molecule has 2 heterocycles. The van der Waals surface area contributed by atoms with Crippen LogP contribution in [0.1, 0.15) is 21.7 Å². The number of aromatic nitrogens is 2. The zero-order valence-corrected chi connectivity index (χ0v) is 15.1. The molecule has 0 spiro atoms. The molecule has 10 heteroatoms. The van der Waals surface area contributed by atoms with Gasteiger partial charge in [-0.15, -0.1) is 0 Å². The van der Waals surface area contributed by atoms with Gasteiger partial charge in [0.15, 0.2) is 0 Å². The first-order valence-electron chi connectivity index (χ1n) is 8.84. The lowest BCUT2D eigenvalue weighted by atomic mass is 10.2.